The highest BCUT2D eigenvalue weighted by molar-refractivity contribution is 6.00. The Kier molecular flexibility index (Phi) is 6.26. The minimum absolute atomic E-state index is 0.0643. The number of hydrogen-bond acceptors (Lipinski definition) is 6. The molecule has 1 aromatic heterocycles. The van der Waals surface area contributed by atoms with Gasteiger partial charge in [0.05, 0.1) is 24.1 Å². The number of carbonyl (C=O) groups is 3. The zero-order valence-electron chi connectivity index (χ0n) is 16.2. The summed E-state index contributed by atoms with van der Waals surface area (Å²) in [5, 5.41) is 6.35. The molecule has 7 N–H and O–H groups in total. The maximum absolute atomic E-state index is 13.8. The molecular formula is C20H19FN6O4. The summed E-state index contributed by atoms with van der Waals surface area (Å²) >= 11 is 0. The number of rotatable bonds is 8. The Bertz CT molecular complexity index is 1140. The fourth-order valence-corrected chi connectivity index (χ4v) is 2.78. The van der Waals surface area contributed by atoms with Gasteiger partial charge in [0.2, 0.25) is 0 Å². The summed E-state index contributed by atoms with van der Waals surface area (Å²) in [4.78, 5) is 34.1. The van der Waals surface area contributed by atoms with Crippen LogP contribution in [0.25, 0.3) is 16.8 Å². The van der Waals surface area contributed by atoms with Gasteiger partial charge >= 0.3 is 6.03 Å². The number of urea groups is 1. The van der Waals surface area contributed by atoms with Crippen LogP contribution in [-0.4, -0.2) is 40.7 Å². The standard InChI is InChI=1S/C20H19FN6O4/c21-12-3-6-17(31-10-14(28)8-22)15(7-12)11-1-4-13(5-2-11)27-9-16(25-20(24)30)18(26-27)19(23)29/h1-7,9H,8,10,22H2,(H2,23,29)(H3,24,25,30). The van der Waals surface area contributed by atoms with E-state index >= 15 is 0 Å². The van der Waals surface area contributed by atoms with Gasteiger partial charge < -0.3 is 27.3 Å². The van der Waals surface area contributed by atoms with Crippen LogP contribution < -0.4 is 27.3 Å². The predicted octanol–water partition coefficient (Wildman–Crippen LogP) is 1.17. The van der Waals surface area contributed by atoms with Crippen molar-refractivity contribution in [1.29, 1.82) is 0 Å². The van der Waals surface area contributed by atoms with Crippen molar-refractivity contribution in [3.05, 3.63) is 60.2 Å². The van der Waals surface area contributed by atoms with Crippen LogP contribution >= 0.6 is 0 Å². The van der Waals surface area contributed by atoms with Gasteiger partial charge in [-0.05, 0) is 35.9 Å². The summed E-state index contributed by atoms with van der Waals surface area (Å²) in [5.41, 5.74) is 17.1. The Balaban J connectivity index is 1.92. The lowest BCUT2D eigenvalue weighted by molar-refractivity contribution is -0.119. The molecular weight excluding hydrogens is 407 g/mol. The number of hydrogen-bond donors (Lipinski definition) is 4. The average molecular weight is 426 g/mol. The van der Waals surface area contributed by atoms with Crippen molar-refractivity contribution < 1.29 is 23.5 Å². The summed E-state index contributed by atoms with van der Waals surface area (Å²) in [7, 11) is 0. The number of ketones is 1. The second kappa shape index (κ2) is 9.05. The van der Waals surface area contributed by atoms with E-state index in [-0.39, 0.29) is 30.3 Å². The molecule has 3 rings (SSSR count). The zero-order chi connectivity index (χ0) is 22.5. The van der Waals surface area contributed by atoms with Crippen molar-refractivity contribution in [1.82, 2.24) is 9.78 Å². The monoisotopic (exact) mass is 426 g/mol. The number of ether oxygens (including phenoxy) is 1. The third kappa shape index (κ3) is 5.03. The van der Waals surface area contributed by atoms with Crippen LogP contribution in [0.5, 0.6) is 5.75 Å². The van der Waals surface area contributed by atoms with Crippen LogP contribution in [0.2, 0.25) is 0 Å². The number of halogens is 1. The number of anilines is 1. The number of carbonyl (C=O) groups excluding carboxylic acids is 3. The molecule has 31 heavy (non-hydrogen) atoms. The van der Waals surface area contributed by atoms with Gasteiger partial charge in [0.1, 0.15) is 18.2 Å². The van der Waals surface area contributed by atoms with Crippen LogP contribution in [0.4, 0.5) is 14.9 Å². The first-order valence-electron chi connectivity index (χ1n) is 8.99. The first-order chi connectivity index (χ1) is 14.8. The number of nitrogens with two attached hydrogens (primary N) is 3. The fraction of sp³-hybridized carbons (Fsp3) is 0.100. The number of amides is 3. The number of Topliss-reactive ketones (excluding diaryl/α,β-unsaturated/α-hetero) is 1. The fourth-order valence-electron chi connectivity index (χ4n) is 2.78. The molecule has 0 saturated heterocycles. The molecule has 3 aromatic rings. The minimum Gasteiger partial charge on any atom is -0.485 e. The molecule has 3 amide bonds. The van der Waals surface area contributed by atoms with E-state index in [4.69, 9.17) is 21.9 Å². The number of benzene rings is 2. The van der Waals surface area contributed by atoms with E-state index in [0.717, 1.165) is 0 Å². The van der Waals surface area contributed by atoms with E-state index in [1.54, 1.807) is 24.3 Å². The minimum atomic E-state index is -0.871. The molecule has 0 aliphatic rings. The first kappa shape index (κ1) is 21.5. The highest BCUT2D eigenvalue weighted by Gasteiger charge is 2.16. The Hall–Kier alpha value is -4.25. The highest BCUT2D eigenvalue weighted by atomic mass is 19.1. The van der Waals surface area contributed by atoms with Gasteiger partial charge in [-0.3, -0.25) is 9.59 Å². The second-order valence-electron chi connectivity index (χ2n) is 6.41. The van der Waals surface area contributed by atoms with Gasteiger partial charge in [-0.2, -0.15) is 5.10 Å². The molecule has 11 heteroatoms. The quantitative estimate of drug-likeness (QED) is 0.421. The summed E-state index contributed by atoms with van der Waals surface area (Å²) in [6.45, 7) is -0.388. The third-order valence-electron chi connectivity index (χ3n) is 4.21. The number of nitrogens with zero attached hydrogens (tertiary/aromatic N) is 2. The van der Waals surface area contributed by atoms with E-state index < -0.39 is 17.8 Å². The largest absolute Gasteiger partial charge is 0.485 e. The molecule has 0 saturated carbocycles. The summed E-state index contributed by atoms with van der Waals surface area (Å²) in [6, 6.07) is 9.72. The number of nitrogens with one attached hydrogen (secondary N) is 1. The second-order valence-corrected chi connectivity index (χ2v) is 6.41. The van der Waals surface area contributed by atoms with Crippen molar-refractivity contribution in [2.24, 2.45) is 17.2 Å². The SMILES string of the molecule is NCC(=O)COc1ccc(F)cc1-c1ccc(-n2cc(NC(N)=O)c(C(N)=O)n2)cc1. The van der Waals surface area contributed by atoms with Crippen molar-refractivity contribution >= 4 is 23.4 Å². The lowest BCUT2D eigenvalue weighted by Crippen LogP contribution is -2.22. The molecule has 0 atom stereocenters. The van der Waals surface area contributed by atoms with E-state index in [2.05, 4.69) is 10.4 Å². The Labute approximate surface area is 175 Å². The van der Waals surface area contributed by atoms with Crippen molar-refractivity contribution in [3.8, 4) is 22.6 Å². The van der Waals surface area contributed by atoms with Crippen molar-refractivity contribution in [2.75, 3.05) is 18.5 Å². The van der Waals surface area contributed by atoms with Crippen molar-refractivity contribution in [2.45, 2.75) is 0 Å². The molecule has 10 nitrogen and oxygen atoms in total. The Morgan fingerprint density at radius 1 is 1.10 bits per heavy atom. The molecule has 0 aliphatic carbocycles. The Morgan fingerprint density at radius 2 is 1.81 bits per heavy atom. The maximum Gasteiger partial charge on any atom is 0.316 e. The number of primary amides is 2. The Morgan fingerprint density at radius 3 is 2.42 bits per heavy atom. The van der Waals surface area contributed by atoms with Gasteiger partial charge in [-0.25, -0.2) is 13.9 Å². The first-order valence-corrected chi connectivity index (χ1v) is 8.99. The van der Waals surface area contributed by atoms with E-state index in [1.165, 1.54) is 29.1 Å². The summed E-state index contributed by atoms with van der Waals surface area (Å²) < 4.78 is 20.6. The van der Waals surface area contributed by atoms with E-state index in [9.17, 15) is 18.8 Å². The normalized spacial score (nSPS) is 10.5. The molecule has 160 valence electrons. The molecule has 0 radical (unpaired) electrons. The zero-order valence-corrected chi connectivity index (χ0v) is 16.2. The molecule has 0 bridgehead atoms. The predicted molar refractivity (Wildman–Crippen MR) is 110 cm³/mol. The molecule has 1 heterocycles. The van der Waals surface area contributed by atoms with Crippen LogP contribution in [0, 0.1) is 5.82 Å². The maximum atomic E-state index is 13.8. The molecule has 0 spiro atoms. The van der Waals surface area contributed by atoms with Gasteiger partial charge in [0.25, 0.3) is 5.91 Å². The van der Waals surface area contributed by atoms with Crippen molar-refractivity contribution in [3.63, 3.8) is 0 Å². The average Bonchev–Trinajstić information content (AvgIpc) is 3.16. The van der Waals surface area contributed by atoms with Gasteiger partial charge in [-0.1, -0.05) is 12.1 Å². The van der Waals surface area contributed by atoms with Crippen LogP contribution in [0.1, 0.15) is 10.5 Å². The lowest BCUT2D eigenvalue weighted by Gasteiger charge is -2.12. The van der Waals surface area contributed by atoms with Gasteiger partial charge in [0, 0.05) is 5.56 Å². The summed E-state index contributed by atoms with van der Waals surface area (Å²) in [5.74, 6) is -1.29. The van der Waals surface area contributed by atoms with Crippen LogP contribution in [0.3, 0.4) is 0 Å². The van der Waals surface area contributed by atoms with Crippen LogP contribution in [0.15, 0.2) is 48.7 Å². The molecule has 0 unspecified atom stereocenters. The molecule has 0 aliphatic heterocycles. The highest BCUT2D eigenvalue weighted by Crippen LogP contribution is 2.31. The number of aromatic nitrogens is 2. The smallest absolute Gasteiger partial charge is 0.316 e. The lowest BCUT2D eigenvalue weighted by atomic mass is 10.0. The molecule has 2 aromatic carbocycles. The van der Waals surface area contributed by atoms with Gasteiger partial charge in [-0.15, -0.1) is 0 Å². The topological polar surface area (TPSA) is 168 Å². The van der Waals surface area contributed by atoms with Crippen LogP contribution in [-0.2, 0) is 4.79 Å². The van der Waals surface area contributed by atoms with E-state index in [1.807, 2.05) is 0 Å². The summed E-state index contributed by atoms with van der Waals surface area (Å²) in [6.07, 6.45) is 1.38. The third-order valence-corrected chi connectivity index (χ3v) is 4.21. The molecule has 0 fully saturated rings. The van der Waals surface area contributed by atoms with E-state index in [0.29, 0.717) is 22.6 Å². The van der Waals surface area contributed by atoms with Gasteiger partial charge in [0.15, 0.2) is 11.5 Å².